The minimum Gasteiger partial charge on any atom is -0.377 e. The Hall–Kier alpha value is -1.57. The molecule has 18 heavy (non-hydrogen) atoms. The van der Waals surface area contributed by atoms with Crippen molar-refractivity contribution in [1.82, 2.24) is 0 Å². The fourth-order valence-corrected chi connectivity index (χ4v) is 2.47. The Labute approximate surface area is 108 Å². The third-order valence-corrected chi connectivity index (χ3v) is 3.86. The van der Waals surface area contributed by atoms with Gasteiger partial charge in [-0.3, -0.25) is 0 Å². The summed E-state index contributed by atoms with van der Waals surface area (Å²) >= 11 is 0. The Morgan fingerprint density at radius 1 is 1.39 bits per heavy atom. The second-order valence-corrected chi connectivity index (χ2v) is 5.54. The lowest BCUT2D eigenvalue weighted by Gasteiger charge is -2.08. The maximum atomic E-state index is 11.9. The van der Waals surface area contributed by atoms with E-state index in [2.05, 4.69) is 5.92 Å². The molecule has 0 amide bonds. The van der Waals surface area contributed by atoms with E-state index in [0.29, 0.717) is 12.8 Å². The molecule has 1 unspecified atom stereocenters. The molecular weight excluding hydrogens is 248 g/mol. The Kier molecular flexibility index (Phi) is 5.63. The summed E-state index contributed by atoms with van der Waals surface area (Å²) in [7, 11) is -1.87. The van der Waals surface area contributed by atoms with E-state index in [0.717, 1.165) is 0 Å². The van der Waals surface area contributed by atoms with Crippen LogP contribution in [0.25, 0.3) is 0 Å². The maximum absolute atomic E-state index is 11.9. The first-order valence-corrected chi connectivity index (χ1v) is 7.09. The topological polar surface area (TPSA) is 43.4 Å². The van der Waals surface area contributed by atoms with Crippen molar-refractivity contribution in [3.63, 3.8) is 0 Å². The molecule has 0 N–H and O–H groups in total. The highest BCUT2D eigenvalue weighted by atomic mass is 32.2. The molecule has 3 nitrogen and oxygen atoms in total. The molecule has 0 fully saturated rings. The Morgan fingerprint density at radius 2 is 2.06 bits per heavy atom. The predicted octanol–water partition coefficient (Wildman–Crippen LogP) is 2.40. The summed E-state index contributed by atoms with van der Waals surface area (Å²) in [5.74, 6) is 2.50. The summed E-state index contributed by atoms with van der Waals surface area (Å²) in [6, 6.07) is 8.26. The lowest BCUT2D eigenvalue weighted by atomic mass is 10.2. The van der Waals surface area contributed by atoms with E-state index in [1.54, 1.807) is 30.3 Å². The van der Waals surface area contributed by atoms with Gasteiger partial charge in [0.15, 0.2) is 9.84 Å². The molecule has 1 atom stereocenters. The van der Waals surface area contributed by atoms with Crippen molar-refractivity contribution >= 4 is 9.84 Å². The summed E-state index contributed by atoms with van der Waals surface area (Å²) in [5.41, 5.74) is 0. The monoisotopic (exact) mass is 264 g/mol. The first-order valence-electron chi connectivity index (χ1n) is 5.54. The Bertz CT molecular complexity index is 524. The van der Waals surface area contributed by atoms with Gasteiger partial charge < -0.3 is 4.74 Å². The highest BCUT2D eigenvalue weighted by Crippen LogP contribution is 2.12. The first kappa shape index (κ1) is 14.5. The van der Waals surface area contributed by atoms with Gasteiger partial charge in [0.2, 0.25) is 0 Å². The molecule has 0 aliphatic rings. The van der Waals surface area contributed by atoms with Crippen LogP contribution in [-0.2, 0) is 14.6 Å². The van der Waals surface area contributed by atoms with E-state index >= 15 is 0 Å². The number of rotatable bonds is 6. The summed E-state index contributed by atoms with van der Waals surface area (Å²) < 4.78 is 29.0. The fraction of sp³-hybridized carbons (Fsp3) is 0.286. The number of sulfone groups is 1. The van der Waals surface area contributed by atoms with Gasteiger partial charge in [-0.15, -0.1) is 12.3 Å². The van der Waals surface area contributed by atoms with Crippen molar-refractivity contribution in [2.45, 2.75) is 23.8 Å². The van der Waals surface area contributed by atoms with Crippen LogP contribution in [0.1, 0.15) is 12.8 Å². The van der Waals surface area contributed by atoms with Crippen LogP contribution in [0.5, 0.6) is 0 Å². The van der Waals surface area contributed by atoms with Crippen molar-refractivity contribution in [3.05, 3.63) is 41.8 Å². The van der Waals surface area contributed by atoms with E-state index < -0.39 is 9.84 Å². The second-order valence-electron chi connectivity index (χ2n) is 3.70. The highest BCUT2D eigenvalue weighted by Gasteiger charge is 2.10. The molecule has 0 radical (unpaired) electrons. The predicted molar refractivity (Wildman–Crippen MR) is 71.6 cm³/mol. The van der Waals surface area contributed by atoms with Crippen LogP contribution in [-0.4, -0.2) is 21.6 Å². The molecule has 1 aromatic carbocycles. The highest BCUT2D eigenvalue weighted by molar-refractivity contribution is 7.94. The van der Waals surface area contributed by atoms with E-state index in [1.165, 1.54) is 18.6 Å². The minimum atomic E-state index is -3.40. The molecule has 96 valence electrons. The van der Waals surface area contributed by atoms with Gasteiger partial charge in [-0.05, 0) is 24.6 Å². The normalized spacial score (nSPS) is 13.3. The third-order valence-electron chi connectivity index (χ3n) is 2.42. The van der Waals surface area contributed by atoms with Crippen molar-refractivity contribution in [2.75, 3.05) is 7.11 Å². The van der Waals surface area contributed by atoms with E-state index in [-0.39, 0.29) is 11.0 Å². The van der Waals surface area contributed by atoms with Gasteiger partial charge in [-0.25, -0.2) is 8.42 Å². The maximum Gasteiger partial charge on any atom is 0.199 e. The van der Waals surface area contributed by atoms with E-state index in [1.807, 2.05) is 0 Å². The molecule has 0 saturated heterocycles. The summed E-state index contributed by atoms with van der Waals surface area (Å²) in [4.78, 5) is 0.271. The van der Waals surface area contributed by atoms with Gasteiger partial charge in [0, 0.05) is 18.9 Å². The van der Waals surface area contributed by atoms with Gasteiger partial charge in [0.25, 0.3) is 0 Å². The largest absolute Gasteiger partial charge is 0.377 e. The molecule has 0 aromatic heterocycles. The van der Waals surface area contributed by atoms with Crippen molar-refractivity contribution in [3.8, 4) is 12.3 Å². The Balaban J connectivity index is 2.80. The zero-order chi connectivity index (χ0) is 13.4. The van der Waals surface area contributed by atoms with Crippen LogP contribution in [0, 0.1) is 12.3 Å². The SMILES string of the molecule is C#CCCC(/C=C/S(=O)(=O)c1ccccc1)OC. The van der Waals surface area contributed by atoms with Crippen LogP contribution in [0.3, 0.4) is 0 Å². The van der Waals surface area contributed by atoms with Crippen LogP contribution < -0.4 is 0 Å². The lowest BCUT2D eigenvalue weighted by Crippen LogP contribution is -2.07. The van der Waals surface area contributed by atoms with Gasteiger partial charge in [-0.1, -0.05) is 18.2 Å². The minimum absolute atomic E-state index is 0.271. The number of hydrogen-bond acceptors (Lipinski definition) is 3. The molecule has 1 rings (SSSR count). The standard InChI is InChI=1S/C14H16O3S/c1-3-4-8-13(17-2)11-12-18(15,16)14-9-6-5-7-10-14/h1,5-7,9-13H,4,8H2,2H3/b12-11+. The van der Waals surface area contributed by atoms with Gasteiger partial charge >= 0.3 is 0 Å². The zero-order valence-electron chi connectivity index (χ0n) is 10.2. The fourth-order valence-electron chi connectivity index (χ4n) is 1.40. The van der Waals surface area contributed by atoms with Gasteiger partial charge in [0.05, 0.1) is 11.0 Å². The molecule has 0 saturated carbocycles. The summed E-state index contributed by atoms with van der Waals surface area (Å²) in [6.07, 6.45) is 7.56. The Morgan fingerprint density at radius 3 is 2.61 bits per heavy atom. The average molecular weight is 264 g/mol. The number of ether oxygens (including phenoxy) is 1. The van der Waals surface area contributed by atoms with Crippen molar-refractivity contribution < 1.29 is 13.2 Å². The smallest absolute Gasteiger partial charge is 0.199 e. The molecule has 0 aliphatic heterocycles. The van der Waals surface area contributed by atoms with Crippen molar-refractivity contribution in [2.24, 2.45) is 0 Å². The lowest BCUT2D eigenvalue weighted by molar-refractivity contribution is 0.135. The number of methoxy groups -OCH3 is 1. The van der Waals surface area contributed by atoms with Gasteiger partial charge in [-0.2, -0.15) is 0 Å². The van der Waals surface area contributed by atoms with E-state index in [9.17, 15) is 8.42 Å². The van der Waals surface area contributed by atoms with Crippen molar-refractivity contribution in [1.29, 1.82) is 0 Å². The van der Waals surface area contributed by atoms with Crippen LogP contribution in [0.2, 0.25) is 0 Å². The molecule has 0 heterocycles. The first-order chi connectivity index (χ1) is 8.60. The molecule has 0 bridgehead atoms. The average Bonchev–Trinajstić information content (AvgIpc) is 2.40. The van der Waals surface area contributed by atoms with Crippen LogP contribution in [0.4, 0.5) is 0 Å². The number of terminal acetylenes is 1. The zero-order valence-corrected chi connectivity index (χ0v) is 11.1. The molecule has 4 heteroatoms. The number of hydrogen-bond donors (Lipinski definition) is 0. The van der Waals surface area contributed by atoms with Crippen LogP contribution in [0.15, 0.2) is 46.7 Å². The molecule has 0 spiro atoms. The van der Waals surface area contributed by atoms with E-state index in [4.69, 9.17) is 11.2 Å². The van der Waals surface area contributed by atoms with Crippen LogP contribution >= 0.6 is 0 Å². The van der Waals surface area contributed by atoms with Gasteiger partial charge in [0.1, 0.15) is 0 Å². The molecule has 0 aliphatic carbocycles. The summed E-state index contributed by atoms with van der Waals surface area (Å²) in [5, 5.41) is 1.17. The third kappa shape index (κ3) is 4.36. The number of benzene rings is 1. The molecule has 1 aromatic rings. The summed E-state index contributed by atoms with van der Waals surface area (Å²) in [6.45, 7) is 0. The molecular formula is C14H16O3S. The second kappa shape index (κ2) is 7.00. The quantitative estimate of drug-likeness (QED) is 0.741.